The minimum atomic E-state index is -0.184. The molecule has 1 atom stereocenters. The number of benzene rings is 1. The number of β-amino-alcohol motifs (C(OH)–C–C–N with tert-alkyl or cyclic N) is 1. The maximum absolute atomic E-state index is 9.57. The van der Waals surface area contributed by atoms with Crippen molar-refractivity contribution in [3.8, 4) is 0 Å². The molecule has 1 N–H and O–H groups in total. The first-order valence-electron chi connectivity index (χ1n) is 5.49. The Bertz CT molecular complexity index is 370. The summed E-state index contributed by atoms with van der Waals surface area (Å²) < 4.78 is 0. The van der Waals surface area contributed by atoms with Crippen LogP contribution in [0.5, 0.6) is 0 Å². The number of piperidine rings is 1. The molecule has 1 aromatic carbocycles. The number of aliphatic hydroxyl groups is 1. The Labute approximate surface area is 106 Å². The zero-order valence-corrected chi connectivity index (χ0v) is 10.5. The van der Waals surface area contributed by atoms with E-state index < -0.39 is 0 Å². The zero-order chi connectivity index (χ0) is 11.5. The van der Waals surface area contributed by atoms with Gasteiger partial charge in [-0.1, -0.05) is 29.3 Å². The highest BCUT2D eigenvalue weighted by molar-refractivity contribution is 6.42. The van der Waals surface area contributed by atoms with Crippen LogP contribution in [-0.4, -0.2) is 29.2 Å². The number of aliphatic hydroxyl groups excluding tert-OH is 1. The van der Waals surface area contributed by atoms with Crippen LogP contribution in [-0.2, 0) is 6.54 Å². The second kappa shape index (κ2) is 5.37. The lowest BCUT2D eigenvalue weighted by Gasteiger charge is -2.30. The largest absolute Gasteiger partial charge is 0.392 e. The Kier molecular flexibility index (Phi) is 4.09. The minimum absolute atomic E-state index is 0.184. The van der Waals surface area contributed by atoms with Crippen molar-refractivity contribution in [3.05, 3.63) is 33.8 Å². The van der Waals surface area contributed by atoms with Gasteiger partial charge in [-0.3, -0.25) is 4.90 Å². The summed E-state index contributed by atoms with van der Waals surface area (Å²) in [5, 5.41) is 10.7. The van der Waals surface area contributed by atoms with Crippen molar-refractivity contribution < 1.29 is 5.11 Å². The molecule has 16 heavy (non-hydrogen) atoms. The third-order valence-electron chi connectivity index (χ3n) is 2.87. The fraction of sp³-hybridized carbons (Fsp3) is 0.500. The summed E-state index contributed by atoms with van der Waals surface area (Å²) in [6.07, 6.45) is 1.79. The van der Waals surface area contributed by atoms with Crippen LogP contribution >= 0.6 is 23.2 Å². The molecule has 1 aliphatic heterocycles. The van der Waals surface area contributed by atoms with Crippen LogP contribution in [0.15, 0.2) is 18.2 Å². The average Bonchev–Trinajstić information content (AvgIpc) is 2.24. The predicted octanol–water partition coefficient (Wildman–Crippen LogP) is 2.95. The number of likely N-dealkylation sites (tertiary alicyclic amines) is 1. The molecule has 2 nitrogen and oxygen atoms in total. The third-order valence-corrected chi connectivity index (χ3v) is 3.61. The Morgan fingerprint density at radius 1 is 1.31 bits per heavy atom. The summed E-state index contributed by atoms with van der Waals surface area (Å²) >= 11 is 11.8. The highest BCUT2D eigenvalue weighted by atomic mass is 35.5. The van der Waals surface area contributed by atoms with Crippen molar-refractivity contribution in [2.24, 2.45) is 0 Å². The van der Waals surface area contributed by atoms with Crippen LogP contribution in [0.3, 0.4) is 0 Å². The Morgan fingerprint density at radius 2 is 2.12 bits per heavy atom. The molecule has 1 saturated heterocycles. The fourth-order valence-corrected chi connectivity index (χ4v) is 2.39. The molecule has 0 bridgehead atoms. The van der Waals surface area contributed by atoms with Crippen molar-refractivity contribution >= 4 is 23.2 Å². The van der Waals surface area contributed by atoms with Gasteiger partial charge in [0.05, 0.1) is 16.1 Å². The predicted molar refractivity (Wildman–Crippen MR) is 67.0 cm³/mol. The quantitative estimate of drug-likeness (QED) is 0.883. The highest BCUT2D eigenvalue weighted by Crippen LogP contribution is 2.23. The van der Waals surface area contributed by atoms with E-state index in [0.717, 1.165) is 38.0 Å². The summed E-state index contributed by atoms with van der Waals surface area (Å²) in [5.41, 5.74) is 1.14. The van der Waals surface area contributed by atoms with Gasteiger partial charge in [0, 0.05) is 13.1 Å². The van der Waals surface area contributed by atoms with Gasteiger partial charge in [0.25, 0.3) is 0 Å². The average molecular weight is 260 g/mol. The zero-order valence-electron chi connectivity index (χ0n) is 9.00. The molecule has 1 fully saturated rings. The van der Waals surface area contributed by atoms with E-state index in [9.17, 15) is 5.11 Å². The van der Waals surface area contributed by atoms with Gasteiger partial charge in [0.1, 0.15) is 0 Å². The van der Waals surface area contributed by atoms with E-state index in [4.69, 9.17) is 23.2 Å². The van der Waals surface area contributed by atoms with E-state index in [1.807, 2.05) is 18.2 Å². The third kappa shape index (κ3) is 3.11. The lowest BCUT2D eigenvalue weighted by atomic mass is 10.1. The van der Waals surface area contributed by atoms with Crippen LogP contribution in [0.25, 0.3) is 0 Å². The molecule has 2 rings (SSSR count). The lowest BCUT2D eigenvalue weighted by Crippen LogP contribution is -2.37. The van der Waals surface area contributed by atoms with Crippen molar-refractivity contribution in [1.82, 2.24) is 4.90 Å². The molecule has 0 amide bonds. The molecule has 0 spiro atoms. The van der Waals surface area contributed by atoms with E-state index in [2.05, 4.69) is 4.90 Å². The van der Waals surface area contributed by atoms with Crippen molar-refractivity contribution in [3.63, 3.8) is 0 Å². The number of nitrogens with zero attached hydrogens (tertiary/aromatic N) is 1. The Balaban J connectivity index is 2.00. The van der Waals surface area contributed by atoms with E-state index in [1.54, 1.807) is 0 Å². The molecular formula is C12H15Cl2NO. The number of hydrogen-bond acceptors (Lipinski definition) is 2. The van der Waals surface area contributed by atoms with Crippen LogP contribution < -0.4 is 0 Å². The summed E-state index contributed by atoms with van der Waals surface area (Å²) in [4.78, 5) is 2.24. The van der Waals surface area contributed by atoms with Gasteiger partial charge in [0.15, 0.2) is 0 Å². The minimum Gasteiger partial charge on any atom is -0.392 e. The fourth-order valence-electron chi connectivity index (χ4n) is 2.07. The molecule has 0 radical (unpaired) electrons. The Morgan fingerprint density at radius 3 is 2.81 bits per heavy atom. The normalized spacial score (nSPS) is 22.3. The molecule has 0 aromatic heterocycles. The SMILES string of the molecule is O[C@H]1CCCN(Cc2ccc(Cl)c(Cl)c2)C1. The van der Waals surface area contributed by atoms with Gasteiger partial charge in [-0.15, -0.1) is 0 Å². The smallest absolute Gasteiger partial charge is 0.0667 e. The van der Waals surface area contributed by atoms with Crippen molar-refractivity contribution in [2.45, 2.75) is 25.5 Å². The molecule has 88 valence electrons. The topological polar surface area (TPSA) is 23.5 Å². The Hall–Kier alpha value is -0.280. The molecule has 1 heterocycles. The van der Waals surface area contributed by atoms with Crippen LogP contribution in [0.1, 0.15) is 18.4 Å². The van der Waals surface area contributed by atoms with Crippen LogP contribution in [0, 0.1) is 0 Å². The standard InChI is InChI=1S/C12H15Cl2NO/c13-11-4-3-9(6-12(11)14)7-15-5-1-2-10(16)8-15/h3-4,6,10,16H,1-2,5,7-8H2/t10-/m0/s1. The van der Waals surface area contributed by atoms with E-state index in [0.29, 0.717) is 10.0 Å². The summed E-state index contributed by atoms with van der Waals surface area (Å²) in [6, 6.07) is 5.69. The van der Waals surface area contributed by atoms with Crippen molar-refractivity contribution in [2.75, 3.05) is 13.1 Å². The van der Waals surface area contributed by atoms with Gasteiger partial charge in [-0.2, -0.15) is 0 Å². The number of hydrogen-bond donors (Lipinski definition) is 1. The molecule has 1 aromatic rings. The van der Waals surface area contributed by atoms with Gasteiger partial charge in [-0.05, 0) is 37.1 Å². The molecule has 0 aliphatic carbocycles. The van der Waals surface area contributed by atoms with Gasteiger partial charge in [0.2, 0.25) is 0 Å². The van der Waals surface area contributed by atoms with Gasteiger partial charge >= 0.3 is 0 Å². The second-order valence-electron chi connectivity index (χ2n) is 4.28. The first kappa shape index (κ1) is 12.2. The maximum atomic E-state index is 9.57. The first-order valence-corrected chi connectivity index (χ1v) is 6.25. The first-order chi connectivity index (χ1) is 7.65. The second-order valence-corrected chi connectivity index (χ2v) is 5.09. The van der Waals surface area contributed by atoms with Crippen LogP contribution in [0.4, 0.5) is 0 Å². The van der Waals surface area contributed by atoms with E-state index >= 15 is 0 Å². The number of rotatable bonds is 2. The molecule has 1 aliphatic rings. The molecule has 0 unspecified atom stereocenters. The molecular weight excluding hydrogens is 245 g/mol. The monoisotopic (exact) mass is 259 g/mol. The van der Waals surface area contributed by atoms with Crippen LogP contribution in [0.2, 0.25) is 10.0 Å². The lowest BCUT2D eigenvalue weighted by molar-refractivity contribution is 0.0668. The number of halogens is 2. The van der Waals surface area contributed by atoms with E-state index in [1.165, 1.54) is 0 Å². The molecule has 4 heteroatoms. The molecule has 0 saturated carbocycles. The summed E-state index contributed by atoms with van der Waals surface area (Å²) in [5.74, 6) is 0. The van der Waals surface area contributed by atoms with Crippen molar-refractivity contribution in [1.29, 1.82) is 0 Å². The summed E-state index contributed by atoms with van der Waals surface area (Å²) in [6.45, 7) is 2.62. The van der Waals surface area contributed by atoms with E-state index in [-0.39, 0.29) is 6.10 Å². The summed E-state index contributed by atoms with van der Waals surface area (Å²) in [7, 11) is 0. The van der Waals surface area contributed by atoms with Gasteiger partial charge < -0.3 is 5.11 Å². The maximum Gasteiger partial charge on any atom is 0.0667 e. The van der Waals surface area contributed by atoms with Gasteiger partial charge in [-0.25, -0.2) is 0 Å². The highest BCUT2D eigenvalue weighted by Gasteiger charge is 2.17.